The minimum atomic E-state index is -0.556. The molecule has 1 heterocycles. The fourth-order valence-corrected chi connectivity index (χ4v) is 4.52. The Kier molecular flexibility index (Phi) is 6.77. The molecular weight excluding hydrogens is 446 g/mol. The van der Waals surface area contributed by atoms with E-state index in [9.17, 15) is 14.4 Å². The second-order valence-corrected chi connectivity index (χ2v) is 8.58. The Morgan fingerprint density at radius 1 is 1.00 bits per heavy atom. The van der Waals surface area contributed by atoms with Crippen LogP contribution in [0.4, 0.5) is 5.69 Å². The van der Waals surface area contributed by atoms with Crippen molar-refractivity contribution in [1.29, 1.82) is 0 Å². The van der Waals surface area contributed by atoms with Crippen molar-refractivity contribution in [3.63, 3.8) is 0 Å². The van der Waals surface area contributed by atoms with E-state index in [0.29, 0.717) is 45.9 Å². The third-order valence-corrected chi connectivity index (χ3v) is 5.88. The third kappa shape index (κ3) is 4.58. The van der Waals surface area contributed by atoms with Crippen LogP contribution < -0.4 is 10.6 Å². The molecule has 0 spiro atoms. The zero-order valence-corrected chi connectivity index (χ0v) is 20.1. The number of nitrogens with zero attached hydrogens (tertiary/aromatic N) is 1. The normalized spacial score (nSPS) is 11.7. The molecule has 0 unspecified atom stereocenters. The highest BCUT2D eigenvalue weighted by molar-refractivity contribution is 6.26. The summed E-state index contributed by atoms with van der Waals surface area (Å²) in [6.45, 7) is 5.94. The maximum Gasteiger partial charge on any atom is 0.340 e. The van der Waals surface area contributed by atoms with Crippen LogP contribution in [-0.2, 0) is 9.53 Å². The molecule has 3 aromatic rings. The minimum absolute atomic E-state index is 0.0455. The number of ketones is 1. The summed E-state index contributed by atoms with van der Waals surface area (Å²) in [6.07, 6.45) is 0. The van der Waals surface area contributed by atoms with Crippen molar-refractivity contribution in [2.45, 2.75) is 20.8 Å². The lowest BCUT2D eigenvalue weighted by Gasteiger charge is -2.16. The molecule has 3 N–H and O–H groups in total. The Labute approximate surface area is 203 Å². The van der Waals surface area contributed by atoms with E-state index < -0.39 is 5.97 Å². The van der Waals surface area contributed by atoms with Crippen molar-refractivity contribution in [1.82, 2.24) is 10.3 Å². The van der Waals surface area contributed by atoms with Crippen LogP contribution in [0.2, 0.25) is 0 Å². The van der Waals surface area contributed by atoms with E-state index in [1.54, 1.807) is 25.1 Å². The van der Waals surface area contributed by atoms with Crippen molar-refractivity contribution >= 4 is 23.3 Å². The van der Waals surface area contributed by atoms with Crippen LogP contribution in [0.5, 0.6) is 0 Å². The number of hydrogen-bond acceptors (Lipinski definition) is 7. The van der Waals surface area contributed by atoms with E-state index in [1.807, 2.05) is 32.0 Å². The van der Waals surface area contributed by atoms with E-state index in [-0.39, 0.29) is 30.4 Å². The van der Waals surface area contributed by atoms with Gasteiger partial charge in [0.25, 0.3) is 0 Å². The monoisotopic (exact) mass is 473 g/mol. The molecule has 0 bridgehead atoms. The molecular formula is C27H27N3O5. The summed E-state index contributed by atoms with van der Waals surface area (Å²) < 4.78 is 5.06. The van der Waals surface area contributed by atoms with Gasteiger partial charge in [-0.25, -0.2) is 4.79 Å². The summed E-state index contributed by atoms with van der Waals surface area (Å²) in [5, 5.41) is 14.5. The predicted octanol–water partition coefficient (Wildman–Crippen LogP) is 3.19. The number of amides is 1. The second kappa shape index (κ2) is 9.77. The summed E-state index contributed by atoms with van der Waals surface area (Å²) in [6, 6.07) is 11.0. The maximum atomic E-state index is 13.6. The summed E-state index contributed by atoms with van der Waals surface area (Å²) in [5.41, 5.74) is 6.36. The van der Waals surface area contributed by atoms with Gasteiger partial charge in [-0.1, -0.05) is 29.3 Å². The number of nitrogens with one attached hydrogen (secondary N) is 2. The average Bonchev–Trinajstić information content (AvgIpc) is 3.08. The largest absolute Gasteiger partial charge is 0.465 e. The molecule has 8 heteroatoms. The summed E-state index contributed by atoms with van der Waals surface area (Å²) in [4.78, 5) is 43.3. The Hall–Kier alpha value is -3.88. The molecule has 1 aromatic heterocycles. The average molecular weight is 474 g/mol. The third-order valence-electron chi connectivity index (χ3n) is 5.88. The van der Waals surface area contributed by atoms with Crippen LogP contribution in [0.15, 0.2) is 36.4 Å². The Morgan fingerprint density at radius 2 is 1.71 bits per heavy atom. The number of carbonyl (C=O) groups is 3. The lowest BCUT2D eigenvalue weighted by Crippen LogP contribution is -2.29. The van der Waals surface area contributed by atoms with Gasteiger partial charge in [-0.05, 0) is 44.5 Å². The molecule has 1 aliphatic rings. The summed E-state index contributed by atoms with van der Waals surface area (Å²) >= 11 is 0. The van der Waals surface area contributed by atoms with Gasteiger partial charge in [0, 0.05) is 28.9 Å². The van der Waals surface area contributed by atoms with Crippen molar-refractivity contribution in [3.05, 3.63) is 69.9 Å². The predicted molar refractivity (Wildman–Crippen MR) is 133 cm³/mol. The molecule has 0 aliphatic heterocycles. The van der Waals surface area contributed by atoms with Crippen LogP contribution in [0, 0.1) is 20.8 Å². The van der Waals surface area contributed by atoms with E-state index in [0.717, 1.165) is 16.7 Å². The Bertz CT molecular complexity index is 1340. The molecule has 0 fully saturated rings. The summed E-state index contributed by atoms with van der Waals surface area (Å²) in [7, 11) is 1.31. The Balaban J connectivity index is 1.87. The van der Waals surface area contributed by atoms with Crippen LogP contribution in [-0.4, -0.2) is 54.6 Å². The van der Waals surface area contributed by atoms with Gasteiger partial charge in [0.05, 0.1) is 42.8 Å². The van der Waals surface area contributed by atoms with Gasteiger partial charge in [0.1, 0.15) is 0 Å². The molecule has 0 saturated heterocycles. The van der Waals surface area contributed by atoms with Gasteiger partial charge < -0.3 is 20.5 Å². The number of methoxy groups -OCH3 is 1. The number of aromatic nitrogens is 1. The first-order valence-electron chi connectivity index (χ1n) is 11.3. The first-order chi connectivity index (χ1) is 16.7. The van der Waals surface area contributed by atoms with Gasteiger partial charge in [0.15, 0.2) is 5.78 Å². The molecule has 180 valence electrons. The molecule has 1 aliphatic carbocycles. The van der Waals surface area contributed by atoms with Crippen molar-refractivity contribution in [2.24, 2.45) is 0 Å². The quantitative estimate of drug-likeness (QED) is 0.279. The fourth-order valence-electron chi connectivity index (χ4n) is 4.52. The molecule has 4 rings (SSSR count). The molecule has 0 radical (unpaired) electrons. The number of aryl methyl sites for hydroxylation is 3. The van der Waals surface area contributed by atoms with Crippen molar-refractivity contribution in [2.75, 3.05) is 32.1 Å². The van der Waals surface area contributed by atoms with E-state index in [4.69, 9.17) is 9.84 Å². The van der Waals surface area contributed by atoms with Gasteiger partial charge >= 0.3 is 5.97 Å². The number of benzene rings is 2. The number of anilines is 1. The van der Waals surface area contributed by atoms with Crippen LogP contribution in [0.25, 0.3) is 22.4 Å². The smallest absolute Gasteiger partial charge is 0.340 e. The minimum Gasteiger partial charge on any atom is -0.465 e. The first kappa shape index (κ1) is 24.3. The molecule has 1 amide bonds. The summed E-state index contributed by atoms with van der Waals surface area (Å²) in [5.74, 6) is -1.06. The molecule has 0 saturated carbocycles. The zero-order valence-electron chi connectivity index (χ0n) is 20.1. The number of esters is 1. The number of carbonyl (C=O) groups excluding carboxylic acids is 3. The fraction of sp³-hybridized carbons (Fsp3) is 0.259. The maximum absolute atomic E-state index is 13.6. The molecule has 8 nitrogen and oxygen atoms in total. The lowest BCUT2D eigenvalue weighted by atomic mass is 9.90. The Morgan fingerprint density at radius 3 is 2.37 bits per heavy atom. The number of hydrogen-bond donors (Lipinski definition) is 3. The topological polar surface area (TPSA) is 118 Å². The first-order valence-corrected chi connectivity index (χ1v) is 11.3. The highest BCUT2D eigenvalue weighted by atomic mass is 16.5. The van der Waals surface area contributed by atoms with Crippen molar-refractivity contribution in [3.8, 4) is 22.4 Å². The van der Waals surface area contributed by atoms with E-state index in [1.165, 1.54) is 7.11 Å². The zero-order chi connectivity index (χ0) is 25.3. The van der Waals surface area contributed by atoms with Crippen LogP contribution >= 0.6 is 0 Å². The number of ether oxygens (including phenoxy) is 1. The number of rotatable bonds is 7. The number of pyridine rings is 1. The van der Waals surface area contributed by atoms with Gasteiger partial charge in [-0.2, -0.15) is 0 Å². The van der Waals surface area contributed by atoms with E-state index in [2.05, 4.69) is 15.6 Å². The lowest BCUT2D eigenvalue weighted by molar-refractivity contribution is -0.115. The van der Waals surface area contributed by atoms with E-state index >= 15 is 0 Å². The van der Waals surface area contributed by atoms with Gasteiger partial charge in [-0.15, -0.1) is 0 Å². The van der Waals surface area contributed by atoms with Crippen LogP contribution in [0.3, 0.4) is 0 Å². The molecule has 2 aromatic carbocycles. The standard InChI is InChI=1S/C27H27N3O5/c1-14-9-15(2)11-17(10-14)23-22(27(34)35-4)16(3)29-25-20-12-18(30-21(32)13-28-7-8-31)5-6-19(20)26(33)24(23)25/h5-6,9-12,28,31H,7-8,13H2,1-4H3,(H,30,32). The van der Waals surface area contributed by atoms with Gasteiger partial charge in [0.2, 0.25) is 5.91 Å². The number of aliphatic hydroxyl groups is 1. The highest BCUT2D eigenvalue weighted by Crippen LogP contribution is 2.44. The van der Waals surface area contributed by atoms with Crippen LogP contribution in [0.1, 0.15) is 43.1 Å². The van der Waals surface area contributed by atoms with Gasteiger partial charge in [-0.3, -0.25) is 14.6 Å². The second-order valence-electron chi connectivity index (χ2n) is 8.58. The highest BCUT2D eigenvalue weighted by Gasteiger charge is 2.35. The number of fused-ring (bicyclic) bond motifs is 3. The number of aliphatic hydroxyl groups excluding tert-OH is 1. The molecule has 0 atom stereocenters. The van der Waals surface area contributed by atoms with Crippen molar-refractivity contribution < 1.29 is 24.2 Å². The molecule has 35 heavy (non-hydrogen) atoms. The SMILES string of the molecule is COC(=O)c1c(C)nc2c(c1-c1cc(C)cc(C)c1)C(=O)c1ccc(NC(=O)CNCCO)cc1-2.